The van der Waals surface area contributed by atoms with Crippen LogP contribution in [0.15, 0.2) is 72.8 Å². The topological polar surface area (TPSA) is 35.5 Å². The lowest BCUT2D eigenvalue weighted by atomic mass is 9.66. The van der Waals surface area contributed by atoms with Gasteiger partial charge in [0.15, 0.2) is 0 Å². The van der Waals surface area contributed by atoms with E-state index >= 15 is 0 Å². The van der Waals surface area contributed by atoms with E-state index in [9.17, 15) is 4.79 Å². The molecule has 2 atom stereocenters. The zero-order chi connectivity index (χ0) is 24.3. The molecule has 178 valence electrons. The van der Waals surface area contributed by atoms with Gasteiger partial charge in [0.25, 0.3) is 8.32 Å². The summed E-state index contributed by atoms with van der Waals surface area (Å²) in [7, 11) is -1.13. The molecule has 0 aromatic heterocycles. The average Bonchev–Trinajstić information content (AvgIpc) is 3.02. The van der Waals surface area contributed by atoms with E-state index in [1.54, 1.807) is 6.08 Å². The molecule has 3 nitrogen and oxygen atoms in total. The van der Waals surface area contributed by atoms with E-state index in [2.05, 4.69) is 108 Å². The summed E-state index contributed by atoms with van der Waals surface area (Å²) in [4.78, 5) is 11.8. The molecule has 0 spiro atoms. The van der Waals surface area contributed by atoms with Crippen molar-refractivity contribution in [2.45, 2.75) is 59.4 Å². The molecule has 0 N–H and O–H groups in total. The van der Waals surface area contributed by atoms with Crippen LogP contribution in [0.25, 0.3) is 0 Å². The second kappa shape index (κ2) is 9.59. The number of allylic oxidation sites excluding steroid dienone is 1. The highest BCUT2D eigenvalue weighted by Crippen LogP contribution is 2.57. The van der Waals surface area contributed by atoms with E-state index in [0.29, 0.717) is 12.5 Å². The number of carbonyl (C=O) groups excluding carboxylic acids is 1. The lowest BCUT2D eigenvalue weighted by molar-refractivity contribution is -0.134. The minimum Gasteiger partial charge on any atom is -0.466 e. The van der Waals surface area contributed by atoms with Gasteiger partial charge in [0.05, 0.1) is 7.11 Å². The SMILES string of the molecule is COC(=O)C=CC1(C)CCC(CO[Si](c2ccccc2)(c2ccccc2)C(C)(C)C)C1(C)C. The number of hydrogen-bond donors (Lipinski definition) is 0. The van der Waals surface area contributed by atoms with E-state index in [0.717, 1.165) is 12.8 Å². The molecule has 0 radical (unpaired) electrons. The Balaban J connectivity index is 1.97. The van der Waals surface area contributed by atoms with Gasteiger partial charge in [0.1, 0.15) is 0 Å². The van der Waals surface area contributed by atoms with Crippen molar-refractivity contribution in [1.29, 1.82) is 0 Å². The monoisotopic (exact) mass is 464 g/mol. The molecule has 2 aromatic rings. The molecular formula is C29H40O3Si. The molecule has 0 aliphatic heterocycles. The first-order valence-corrected chi connectivity index (χ1v) is 13.9. The van der Waals surface area contributed by atoms with Crippen LogP contribution in [0.2, 0.25) is 5.04 Å². The lowest BCUT2D eigenvalue weighted by Gasteiger charge is -2.45. The van der Waals surface area contributed by atoms with E-state index in [1.807, 2.05) is 0 Å². The molecular weight excluding hydrogens is 424 g/mol. The third kappa shape index (κ3) is 4.74. The lowest BCUT2D eigenvalue weighted by Crippen LogP contribution is -2.67. The molecule has 0 saturated heterocycles. The van der Waals surface area contributed by atoms with Crippen LogP contribution in [0.1, 0.15) is 54.4 Å². The first-order chi connectivity index (χ1) is 15.5. The van der Waals surface area contributed by atoms with Crippen LogP contribution < -0.4 is 10.4 Å². The summed E-state index contributed by atoms with van der Waals surface area (Å²) < 4.78 is 12.1. The van der Waals surface area contributed by atoms with Gasteiger partial charge in [-0.25, -0.2) is 4.79 Å². The molecule has 33 heavy (non-hydrogen) atoms. The average molecular weight is 465 g/mol. The van der Waals surface area contributed by atoms with Crippen molar-refractivity contribution in [3.63, 3.8) is 0 Å². The van der Waals surface area contributed by atoms with Crippen molar-refractivity contribution >= 4 is 24.7 Å². The Bertz CT molecular complexity index is 920. The number of ether oxygens (including phenoxy) is 1. The van der Waals surface area contributed by atoms with E-state index in [-0.39, 0.29) is 21.8 Å². The summed E-state index contributed by atoms with van der Waals surface area (Å²) in [6.07, 6.45) is 5.75. The van der Waals surface area contributed by atoms with Crippen molar-refractivity contribution < 1.29 is 14.0 Å². The summed E-state index contributed by atoms with van der Waals surface area (Å²) in [5.74, 6) is 0.102. The van der Waals surface area contributed by atoms with Crippen molar-refractivity contribution in [2.75, 3.05) is 13.7 Å². The van der Waals surface area contributed by atoms with Crippen LogP contribution in [0.4, 0.5) is 0 Å². The number of rotatable bonds is 7. The zero-order valence-corrected chi connectivity index (χ0v) is 22.4. The molecule has 2 aromatic carbocycles. The minimum atomic E-state index is -2.56. The highest BCUT2D eigenvalue weighted by molar-refractivity contribution is 6.99. The highest BCUT2D eigenvalue weighted by Gasteiger charge is 2.54. The first kappa shape index (κ1) is 25.4. The van der Waals surface area contributed by atoms with Gasteiger partial charge in [0, 0.05) is 12.7 Å². The van der Waals surface area contributed by atoms with E-state index in [1.165, 1.54) is 17.5 Å². The van der Waals surface area contributed by atoms with Gasteiger partial charge in [-0.1, -0.05) is 108 Å². The Hall–Kier alpha value is -2.17. The van der Waals surface area contributed by atoms with Crippen molar-refractivity contribution in [2.24, 2.45) is 16.7 Å². The van der Waals surface area contributed by atoms with Crippen LogP contribution >= 0.6 is 0 Å². The molecule has 1 saturated carbocycles. The van der Waals surface area contributed by atoms with Gasteiger partial charge in [0.2, 0.25) is 0 Å². The second-order valence-corrected chi connectivity index (χ2v) is 15.5. The number of esters is 1. The van der Waals surface area contributed by atoms with Gasteiger partial charge in [-0.3, -0.25) is 0 Å². The molecule has 1 aliphatic carbocycles. The Morgan fingerprint density at radius 3 is 1.97 bits per heavy atom. The Morgan fingerprint density at radius 2 is 1.52 bits per heavy atom. The van der Waals surface area contributed by atoms with Crippen molar-refractivity contribution in [3.8, 4) is 0 Å². The van der Waals surface area contributed by atoms with Crippen LogP contribution in [-0.2, 0) is 14.0 Å². The molecule has 3 rings (SSSR count). The molecule has 0 heterocycles. The maximum absolute atomic E-state index is 11.8. The summed E-state index contributed by atoms with van der Waals surface area (Å²) in [6.45, 7) is 14.6. The normalized spacial score (nSPS) is 23.1. The summed E-state index contributed by atoms with van der Waals surface area (Å²) in [6, 6.07) is 21.6. The summed E-state index contributed by atoms with van der Waals surface area (Å²) in [5.41, 5.74) is -0.0937. The number of benzene rings is 2. The molecule has 0 bridgehead atoms. The minimum absolute atomic E-state index is 0.0110. The first-order valence-electron chi connectivity index (χ1n) is 12.0. The quantitative estimate of drug-likeness (QED) is 0.298. The number of hydrogen-bond acceptors (Lipinski definition) is 3. The fourth-order valence-corrected chi connectivity index (χ4v) is 10.1. The van der Waals surface area contributed by atoms with Crippen LogP contribution in [0, 0.1) is 16.7 Å². The van der Waals surface area contributed by atoms with E-state index in [4.69, 9.17) is 9.16 Å². The van der Waals surface area contributed by atoms with Gasteiger partial charge < -0.3 is 9.16 Å². The van der Waals surface area contributed by atoms with Crippen molar-refractivity contribution in [1.82, 2.24) is 0 Å². The Morgan fingerprint density at radius 1 is 1.00 bits per heavy atom. The summed E-state index contributed by atoms with van der Waals surface area (Å²) >= 11 is 0. The fraction of sp³-hybridized carbons (Fsp3) is 0.483. The van der Waals surface area contributed by atoms with Crippen LogP contribution in [0.5, 0.6) is 0 Å². The Labute approximate surface area is 201 Å². The maximum Gasteiger partial charge on any atom is 0.330 e. The Kier molecular flexibility index (Phi) is 7.40. The third-order valence-electron chi connectivity index (χ3n) is 8.21. The smallest absolute Gasteiger partial charge is 0.330 e. The highest BCUT2D eigenvalue weighted by atomic mass is 28.4. The van der Waals surface area contributed by atoms with Gasteiger partial charge in [-0.05, 0) is 45.0 Å². The predicted molar refractivity (Wildman–Crippen MR) is 139 cm³/mol. The van der Waals surface area contributed by atoms with Crippen LogP contribution in [0.3, 0.4) is 0 Å². The molecule has 1 fully saturated rings. The van der Waals surface area contributed by atoms with Crippen molar-refractivity contribution in [3.05, 3.63) is 72.8 Å². The standard InChI is InChI=1S/C29H40O3Si/c1-27(2,3)33(24-14-10-8-11-15-24,25-16-12-9-13-17-25)32-22-23-18-20-29(6,28(23,4)5)21-19-26(30)31-7/h8-17,19,21,23H,18,20,22H2,1-7H3. The second-order valence-electron chi connectivity index (χ2n) is 11.2. The maximum atomic E-state index is 11.8. The predicted octanol–water partition coefficient (Wildman–Crippen LogP) is 5.73. The van der Waals surface area contributed by atoms with Gasteiger partial charge >= 0.3 is 5.97 Å². The van der Waals surface area contributed by atoms with Crippen LogP contribution in [-0.4, -0.2) is 28.0 Å². The number of carbonyl (C=O) groups is 1. The summed E-state index contributed by atoms with van der Waals surface area (Å²) in [5, 5.41) is 2.59. The van der Waals surface area contributed by atoms with Gasteiger partial charge in [-0.2, -0.15) is 0 Å². The molecule has 2 unspecified atom stereocenters. The molecule has 0 amide bonds. The zero-order valence-electron chi connectivity index (χ0n) is 21.4. The van der Waals surface area contributed by atoms with Gasteiger partial charge in [-0.15, -0.1) is 0 Å². The fourth-order valence-electron chi connectivity index (χ4n) is 5.52. The number of methoxy groups -OCH3 is 1. The molecule has 1 aliphatic rings. The van der Waals surface area contributed by atoms with E-state index < -0.39 is 8.32 Å². The third-order valence-corrected chi connectivity index (χ3v) is 13.2. The molecule has 4 heteroatoms. The largest absolute Gasteiger partial charge is 0.466 e.